The van der Waals surface area contributed by atoms with Gasteiger partial charge < -0.3 is 10.4 Å². The number of aliphatic hydroxyl groups excluding tert-OH is 1. The summed E-state index contributed by atoms with van der Waals surface area (Å²) in [6, 6.07) is 7.71. The fraction of sp³-hybridized carbons (Fsp3) is 0.294. The Kier molecular flexibility index (Phi) is 4.36. The first-order valence-corrected chi connectivity index (χ1v) is 8.17. The molecule has 0 spiro atoms. The van der Waals surface area contributed by atoms with Crippen molar-refractivity contribution < 1.29 is 9.90 Å². The normalized spacial score (nSPS) is 20.3. The maximum atomic E-state index is 12.4. The molecule has 1 aliphatic rings. The molecule has 1 amide bonds. The monoisotopic (exact) mass is 314 g/mol. The predicted molar refractivity (Wildman–Crippen MR) is 87.9 cm³/mol. The average Bonchev–Trinajstić information content (AvgIpc) is 3.18. The summed E-state index contributed by atoms with van der Waals surface area (Å²) in [6.07, 6.45) is 4.65. The number of pyridine rings is 1. The first-order valence-electron chi connectivity index (χ1n) is 7.29. The number of hydrogen-bond acceptors (Lipinski definition) is 4. The third kappa shape index (κ3) is 3.10. The lowest BCUT2D eigenvalue weighted by atomic mass is 10.1. The van der Waals surface area contributed by atoms with Crippen LogP contribution in [0.15, 0.2) is 41.8 Å². The van der Waals surface area contributed by atoms with E-state index in [1.807, 2.05) is 48.7 Å². The summed E-state index contributed by atoms with van der Waals surface area (Å²) < 4.78 is 0. The molecule has 0 fully saturated rings. The fourth-order valence-corrected chi connectivity index (χ4v) is 3.32. The van der Waals surface area contributed by atoms with Crippen LogP contribution in [0.25, 0.3) is 10.6 Å². The van der Waals surface area contributed by atoms with Gasteiger partial charge in [0.2, 0.25) is 0 Å². The summed E-state index contributed by atoms with van der Waals surface area (Å²) in [5.74, 6) is 0.0293. The number of aromatic nitrogens is 1. The van der Waals surface area contributed by atoms with Gasteiger partial charge in [0.05, 0.1) is 21.8 Å². The number of carbonyl (C=O) groups is 1. The number of amides is 1. The van der Waals surface area contributed by atoms with Crippen LogP contribution in [-0.4, -0.2) is 28.6 Å². The van der Waals surface area contributed by atoms with E-state index >= 15 is 0 Å². The van der Waals surface area contributed by atoms with Crippen LogP contribution in [-0.2, 0) is 0 Å². The summed E-state index contributed by atoms with van der Waals surface area (Å²) in [5, 5.41) is 14.1. The molecule has 0 radical (unpaired) electrons. The van der Waals surface area contributed by atoms with E-state index in [4.69, 9.17) is 5.11 Å². The van der Waals surface area contributed by atoms with Gasteiger partial charge in [0.15, 0.2) is 0 Å². The largest absolute Gasteiger partial charge is 0.396 e. The number of thiophene rings is 1. The second kappa shape index (κ2) is 6.42. The van der Waals surface area contributed by atoms with E-state index in [2.05, 4.69) is 10.3 Å². The second-order valence-electron chi connectivity index (χ2n) is 5.45. The zero-order chi connectivity index (χ0) is 15.5. The van der Waals surface area contributed by atoms with Crippen molar-refractivity contribution in [3.05, 3.63) is 53.1 Å². The lowest BCUT2D eigenvalue weighted by molar-refractivity contribution is 0.0940. The van der Waals surface area contributed by atoms with Crippen LogP contribution in [0.1, 0.15) is 22.5 Å². The van der Waals surface area contributed by atoms with E-state index in [0.717, 1.165) is 22.7 Å². The van der Waals surface area contributed by atoms with E-state index in [0.29, 0.717) is 5.56 Å². The average molecular weight is 314 g/mol. The molecule has 114 valence electrons. The molecule has 0 bridgehead atoms. The zero-order valence-electron chi connectivity index (χ0n) is 12.3. The highest BCUT2D eigenvalue weighted by Gasteiger charge is 2.21. The van der Waals surface area contributed by atoms with Gasteiger partial charge in [-0.2, -0.15) is 0 Å². The van der Waals surface area contributed by atoms with Crippen molar-refractivity contribution >= 4 is 17.2 Å². The Balaban J connectivity index is 1.72. The maximum absolute atomic E-state index is 12.4. The molecule has 2 aromatic rings. The van der Waals surface area contributed by atoms with Gasteiger partial charge in [-0.25, -0.2) is 0 Å². The van der Waals surface area contributed by atoms with E-state index in [1.165, 1.54) is 0 Å². The van der Waals surface area contributed by atoms with Crippen LogP contribution in [0, 0.1) is 12.8 Å². The Morgan fingerprint density at radius 1 is 1.41 bits per heavy atom. The smallest absolute Gasteiger partial charge is 0.253 e. The molecule has 22 heavy (non-hydrogen) atoms. The SMILES string of the molecule is Cc1nc(-c2cccs2)ccc1C(=O)N[C@@H]1C=C[C@H](CO)C1. The van der Waals surface area contributed by atoms with Crippen molar-refractivity contribution in [3.63, 3.8) is 0 Å². The number of hydrogen-bond donors (Lipinski definition) is 2. The third-order valence-electron chi connectivity index (χ3n) is 3.83. The minimum absolute atomic E-state index is 0.0129. The van der Waals surface area contributed by atoms with Gasteiger partial charge in [0, 0.05) is 18.6 Å². The Bertz CT molecular complexity index is 695. The molecule has 0 unspecified atom stereocenters. The minimum atomic E-state index is -0.115. The van der Waals surface area contributed by atoms with Gasteiger partial charge in [-0.05, 0) is 36.9 Å². The number of rotatable bonds is 4. The van der Waals surface area contributed by atoms with Crippen molar-refractivity contribution in [2.75, 3.05) is 6.61 Å². The Hall–Kier alpha value is -1.98. The fourth-order valence-electron chi connectivity index (χ4n) is 2.63. The summed E-state index contributed by atoms with van der Waals surface area (Å²) in [4.78, 5) is 18.0. The van der Waals surface area contributed by atoms with Gasteiger partial charge >= 0.3 is 0 Å². The quantitative estimate of drug-likeness (QED) is 0.853. The molecule has 4 nitrogen and oxygen atoms in total. The van der Waals surface area contributed by atoms with Crippen LogP contribution < -0.4 is 5.32 Å². The van der Waals surface area contributed by atoms with E-state index < -0.39 is 0 Å². The number of carbonyl (C=O) groups excluding carboxylic acids is 1. The van der Waals surface area contributed by atoms with Gasteiger partial charge in [-0.3, -0.25) is 9.78 Å². The van der Waals surface area contributed by atoms with Crippen molar-refractivity contribution in [1.82, 2.24) is 10.3 Å². The van der Waals surface area contributed by atoms with Gasteiger partial charge in [-0.15, -0.1) is 11.3 Å². The Morgan fingerprint density at radius 3 is 2.91 bits per heavy atom. The van der Waals surface area contributed by atoms with E-state index in [9.17, 15) is 4.79 Å². The van der Waals surface area contributed by atoms with Crippen molar-refractivity contribution in [2.45, 2.75) is 19.4 Å². The summed E-state index contributed by atoms with van der Waals surface area (Å²) in [5.41, 5.74) is 2.22. The molecule has 0 saturated heterocycles. The molecule has 3 rings (SSSR count). The standard InChI is InChI=1S/C17H18N2O2S/c1-11-14(6-7-15(18-11)16-3-2-8-22-16)17(21)19-13-5-4-12(9-13)10-20/h2-8,12-13,20H,9-10H2,1H3,(H,19,21)/t12-,13+/m0/s1. The summed E-state index contributed by atoms with van der Waals surface area (Å²) in [7, 11) is 0. The Morgan fingerprint density at radius 2 is 2.27 bits per heavy atom. The molecule has 2 atom stereocenters. The molecule has 2 N–H and O–H groups in total. The van der Waals surface area contributed by atoms with Gasteiger partial charge in [-0.1, -0.05) is 18.2 Å². The highest BCUT2D eigenvalue weighted by molar-refractivity contribution is 7.13. The minimum Gasteiger partial charge on any atom is -0.396 e. The van der Waals surface area contributed by atoms with Gasteiger partial charge in [0.1, 0.15) is 0 Å². The number of aliphatic hydroxyl groups is 1. The number of nitrogens with zero attached hydrogens (tertiary/aromatic N) is 1. The van der Waals surface area contributed by atoms with E-state index in [-0.39, 0.29) is 24.5 Å². The predicted octanol–water partition coefficient (Wildman–Crippen LogP) is 2.79. The second-order valence-corrected chi connectivity index (χ2v) is 6.40. The van der Waals surface area contributed by atoms with Gasteiger partial charge in [0.25, 0.3) is 5.91 Å². The van der Waals surface area contributed by atoms with Crippen LogP contribution in [0.4, 0.5) is 0 Å². The Labute approximate surface area is 133 Å². The van der Waals surface area contributed by atoms with Crippen LogP contribution in [0.2, 0.25) is 0 Å². The zero-order valence-corrected chi connectivity index (χ0v) is 13.1. The molecule has 1 aliphatic carbocycles. The first-order chi connectivity index (χ1) is 10.7. The molecular formula is C17H18N2O2S. The highest BCUT2D eigenvalue weighted by Crippen LogP contribution is 2.24. The molecule has 0 aromatic carbocycles. The lowest BCUT2D eigenvalue weighted by Gasteiger charge is -2.14. The molecule has 5 heteroatoms. The topological polar surface area (TPSA) is 62.2 Å². The number of nitrogens with one attached hydrogen (secondary N) is 1. The third-order valence-corrected chi connectivity index (χ3v) is 4.72. The first kappa shape index (κ1) is 14.9. The molecule has 2 heterocycles. The van der Waals surface area contributed by atoms with E-state index in [1.54, 1.807) is 11.3 Å². The molecular weight excluding hydrogens is 296 g/mol. The van der Waals surface area contributed by atoms with Crippen LogP contribution >= 0.6 is 11.3 Å². The van der Waals surface area contributed by atoms with Crippen molar-refractivity contribution in [3.8, 4) is 10.6 Å². The molecule has 0 aliphatic heterocycles. The molecule has 0 saturated carbocycles. The van der Waals surface area contributed by atoms with Crippen molar-refractivity contribution in [2.24, 2.45) is 5.92 Å². The van der Waals surface area contributed by atoms with Crippen molar-refractivity contribution in [1.29, 1.82) is 0 Å². The van der Waals surface area contributed by atoms with Crippen LogP contribution in [0.3, 0.4) is 0 Å². The molecule has 2 aromatic heterocycles. The van der Waals surface area contributed by atoms with Crippen LogP contribution in [0.5, 0.6) is 0 Å². The highest BCUT2D eigenvalue weighted by atomic mass is 32.1. The summed E-state index contributed by atoms with van der Waals surface area (Å²) in [6.45, 7) is 1.98. The summed E-state index contributed by atoms with van der Waals surface area (Å²) >= 11 is 1.63. The number of aryl methyl sites for hydroxylation is 1. The maximum Gasteiger partial charge on any atom is 0.253 e. The lowest BCUT2D eigenvalue weighted by Crippen LogP contribution is -2.33.